The Morgan fingerprint density at radius 3 is 2.24 bits per heavy atom. The van der Waals surface area contributed by atoms with Gasteiger partial charge in [-0.3, -0.25) is 4.90 Å². The molecule has 3 aromatic carbocycles. The maximum absolute atomic E-state index is 5.97. The van der Waals surface area contributed by atoms with Crippen LogP contribution in [-0.4, -0.2) is 62.8 Å². The summed E-state index contributed by atoms with van der Waals surface area (Å²) in [5.41, 5.74) is 2.44. The molecule has 0 saturated carbocycles. The molecule has 5 heteroatoms. The number of hydrogen-bond acceptors (Lipinski definition) is 5. The molecule has 1 saturated heterocycles. The molecular weight excluding hydrogens is 424 g/mol. The van der Waals surface area contributed by atoms with E-state index in [4.69, 9.17) is 14.2 Å². The van der Waals surface area contributed by atoms with Crippen molar-refractivity contribution in [2.24, 2.45) is 0 Å². The minimum Gasteiger partial charge on any atom is -0.496 e. The van der Waals surface area contributed by atoms with Crippen LogP contribution in [0.1, 0.15) is 17.5 Å². The second-order valence-electron chi connectivity index (χ2n) is 8.71. The maximum Gasteiger partial charge on any atom is 0.127 e. The van der Waals surface area contributed by atoms with E-state index in [1.807, 2.05) is 54.6 Å². The lowest BCUT2D eigenvalue weighted by Gasteiger charge is -2.34. The standard InChI is InChI=1S/C29H36N2O3/c1-32-29-15-6-5-10-26(29)11-8-16-30-17-19-31(20-18-30)21-22-33-24-25-9-7-14-28(23-25)34-27-12-3-2-4-13-27/h2-7,9-10,12-15,23H,8,11,16-22,24H2,1H3. The molecule has 5 nitrogen and oxygen atoms in total. The molecule has 4 rings (SSSR count). The van der Waals surface area contributed by atoms with Gasteiger partial charge in [0.15, 0.2) is 0 Å². The first-order chi connectivity index (χ1) is 16.8. The van der Waals surface area contributed by atoms with Crippen LogP contribution >= 0.6 is 0 Å². The third-order valence-corrected chi connectivity index (χ3v) is 6.28. The van der Waals surface area contributed by atoms with Gasteiger partial charge in [0.2, 0.25) is 0 Å². The predicted octanol–water partition coefficient (Wildman–Crippen LogP) is 5.25. The Labute approximate surface area is 203 Å². The van der Waals surface area contributed by atoms with Gasteiger partial charge in [0.25, 0.3) is 0 Å². The van der Waals surface area contributed by atoms with Gasteiger partial charge in [-0.2, -0.15) is 0 Å². The number of para-hydroxylation sites is 2. The van der Waals surface area contributed by atoms with Crippen LogP contribution in [0, 0.1) is 0 Å². The van der Waals surface area contributed by atoms with Crippen LogP contribution in [-0.2, 0) is 17.8 Å². The monoisotopic (exact) mass is 460 g/mol. The van der Waals surface area contributed by atoms with Crippen molar-refractivity contribution in [1.29, 1.82) is 0 Å². The molecule has 0 aromatic heterocycles. The quantitative estimate of drug-likeness (QED) is 0.345. The minimum atomic E-state index is 0.606. The molecule has 3 aromatic rings. The molecule has 0 unspecified atom stereocenters. The van der Waals surface area contributed by atoms with Gasteiger partial charge in [-0.25, -0.2) is 0 Å². The second-order valence-corrected chi connectivity index (χ2v) is 8.71. The molecule has 0 bridgehead atoms. The molecule has 0 radical (unpaired) electrons. The third kappa shape index (κ3) is 7.59. The number of methoxy groups -OCH3 is 1. The van der Waals surface area contributed by atoms with Gasteiger partial charge in [-0.1, -0.05) is 48.5 Å². The molecule has 1 aliphatic heterocycles. The molecule has 1 aliphatic rings. The van der Waals surface area contributed by atoms with Crippen molar-refractivity contribution in [3.05, 3.63) is 90.0 Å². The highest BCUT2D eigenvalue weighted by molar-refractivity contribution is 5.34. The largest absolute Gasteiger partial charge is 0.496 e. The molecule has 0 spiro atoms. The van der Waals surface area contributed by atoms with Crippen LogP contribution in [0.3, 0.4) is 0 Å². The Kier molecular flexibility index (Phi) is 9.38. The zero-order valence-corrected chi connectivity index (χ0v) is 20.2. The normalized spacial score (nSPS) is 14.7. The van der Waals surface area contributed by atoms with Crippen molar-refractivity contribution in [2.75, 3.05) is 53.0 Å². The summed E-state index contributed by atoms with van der Waals surface area (Å²) in [4.78, 5) is 5.08. The molecular formula is C29H36N2O3. The molecule has 0 aliphatic carbocycles. The highest BCUT2D eigenvalue weighted by Gasteiger charge is 2.16. The van der Waals surface area contributed by atoms with Crippen LogP contribution in [0.4, 0.5) is 0 Å². The number of rotatable bonds is 12. The fourth-order valence-corrected chi connectivity index (χ4v) is 4.35. The van der Waals surface area contributed by atoms with E-state index >= 15 is 0 Å². The summed E-state index contributed by atoms with van der Waals surface area (Å²) in [7, 11) is 1.75. The summed E-state index contributed by atoms with van der Waals surface area (Å²) in [6, 6.07) is 26.3. The molecule has 180 valence electrons. The molecule has 0 amide bonds. The lowest BCUT2D eigenvalue weighted by molar-refractivity contribution is 0.0682. The summed E-state index contributed by atoms with van der Waals surface area (Å²) in [5, 5.41) is 0. The van der Waals surface area contributed by atoms with E-state index in [-0.39, 0.29) is 0 Å². The Hall–Kier alpha value is -2.86. The van der Waals surface area contributed by atoms with Crippen molar-refractivity contribution >= 4 is 0 Å². The van der Waals surface area contributed by atoms with E-state index in [0.717, 1.165) is 81.5 Å². The SMILES string of the molecule is COc1ccccc1CCCN1CCN(CCOCc2cccc(Oc3ccccc3)c2)CC1. The highest BCUT2D eigenvalue weighted by Crippen LogP contribution is 2.22. The molecule has 0 atom stereocenters. The zero-order valence-electron chi connectivity index (χ0n) is 20.2. The van der Waals surface area contributed by atoms with Gasteiger partial charge < -0.3 is 19.1 Å². The van der Waals surface area contributed by atoms with Crippen LogP contribution in [0.15, 0.2) is 78.9 Å². The molecule has 0 N–H and O–H groups in total. The first kappa shape index (κ1) is 24.3. The second kappa shape index (κ2) is 13.1. The summed E-state index contributed by atoms with van der Waals surface area (Å²) < 4.78 is 17.4. The Bertz CT molecular complexity index is 987. The highest BCUT2D eigenvalue weighted by atomic mass is 16.5. The lowest BCUT2D eigenvalue weighted by atomic mass is 10.1. The van der Waals surface area contributed by atoms with Crippen molar-refractivity contribution in [3.63, 3.8) is 0 Å². The van der Waals surface area contributed by atoms with E-state index in [0.29, 0.717) is 6.61 Å². The number of hydrogen-bond donors (Lipinski definition) is 0. The van der Waals surface area contributed by atoms with Crippen molar-refractivity contribution in [3.8, 4) is 17.2 Å². The fourth-order valence-electron chi connectivity index (χ4n) is 4.35. The number of ether oxygens (including phenoxy) is 3. The topological polar surface area (TPSA) is 34.2 Å². The Balaban J connectivity index is 1.09. The van der Waals surface area contributed by atoms with Crippen LogP contribution in [0.2, 0.25) is 0 Å². The summed E-state index contributed by atoms with van der Waals surface area (Å²) in [6.07, 6.45) is 2.23. The van der Waals surface area contributed by atoms with Gasteiger partial charge in [0, 0.05) is 32.7 Å². The predicted molar refractivity (Wildman–Crippen MR) is 137 cm³/mol. The van der Waals surface area contributed by atoms with Crippen molar-refractivity contribution in [2.45, 2.75) is 19.4 Å². The van der Waals surface area contributed by atoms with E-state index in [9.17, 15) is 0 Å². The van der Waals surface area contributed by atoms with Gasteiger partial charge >= 0.3 is 0 Å². The number of benzene rings is 3. The van der Waals surface area contributed by atoms with E-state index in [2.05, 4.69) is 34.1 Å². The zero-order chi connectivity index (χ0) is 23.4. The fraction of sp³-hybridized carbons (Fsp3) is 0.379. The Morgan fingerprint density at radius 1 is 0.735 bits per heavy atom. The average Bonchev–Trinajstić information content (AvgIpc) is 2.89. The van der Waals surface area contributed by atoms with Gasteiger partial charge in [0.05, 0.1) is 20.3 Å². The molecule has 1 heterocycles. The number of aryl methyl sites for hydroxylation is 1. The maximum atomic E-state index is 5.97. The van der Waals surface area contributed by atoms with Crippen molar-refractivity contribution < 1.29 is 14.2 Å². The van der Waals surface area contributed by atoms with Gasteiger partial charge in [0.1, 0.15) is 17.2 Å². The van der Waals surface area contributed by atoms with E-state index in [1.165, 1.54) is 5.56 Å². The Morgan fingerprint density at radius 2 is 1.44 bits per heavy atom. The average molecular weight is 461 g/mol. The lowest BCUT2D eigenvalue weighted by Crippen LogP contribution is -2.47. The number of nitrogens with zero attached hydrogens (tertiary/aromatic N) is 2. The minimum absolute atomic E-state index is 0.606. The van der Waals surface area contributed by atoms with E-state index in [1.54, 1.807) is 7.11 Å². The summed E-state index contributed by atoms with van der Waals surface area (Å²) >= 11 is 0. The summed E-state index contributed by atoms with van der Waals surface area (Å²) in [5.74, 6) is 2.69. The molecule has 1 fully saturated rings. The number of piperazine rings is 1. The first-order valence-corrected chi connectivity index (χ1v) is 12.3. The van der Waals surface area contributed by atoms with E-state index < -0.39 is 0 Å². The van der Waals surface area contributed by atoms with Gasteiger partial charge in [-0.15, -0.1) is 0 Å². The van der Waals surface area contributed by atoms with Crippen LogP contribution in [0.25, 0.3) is 0 Å². The first-order valence-electron chi connectivity index (χ1n) is 12.3. The van der Waals surface area contributed by atoms with Crippen LogP contribution in [0.5, 0.6) is 17.2 Å². The smallest absolute Gasteiger partial charge is 0.127 e. The van der Waals surface area contributed by atoms with Gasteiger partial charge in [-0.05, 0) is 60.8 Å². The third-order valence-electron chi connectivity index (χ3n) is 6.28. The molecule has 34 heavy (non-hydrogen) atoms. The van der Waals surface area contributed by atoms with Crippen LogP contribution < -0.4 is 9.47 Å². The van der Waals surface area contributed by atoms with Crippen molar-refractivity contribution in [1.82, 2.24) is 9.80 Å². The summed E-state index contributed by atoms with van der Waals surface area (Å²) in [6.45, 7) is 7.96.